The number of aliphatic carboxylic acids is 2. The fraction of sp³-hybridized carbons (Fsp3) is 0.833. The summed E-state index contributed by atoms with van der Waals surface area (Å²) in [5.41, 5.74) is -2.54. The highest BCUT2D eigenvalue weighted by Crippen LogP contribution is 2.36. The van der Waals surface area contributed by atoms with Gasteiger partial charge in [0.25, 0.3) is 0 Å². The van der Waals surface area contributed by atoms with Crippen LogP contribution in [0.15, 0.2) is 0 Å². The molecule has 10 heteroatoms. The first-order valence-electron chi connectivity index (χ1n) is 11.8. The summed E-state index contributed by atoms with van der Waals surface area (Å²) < 4.78 is 10.3. The molecule has 0 bridgehead atoms. The van der Waals surface area contributed by atoms with E-state index in [2.05, 4.69) is 10.6 Å². The Hall–Kier alpha value is -2.52. The minimum absolute atomic E-state index is 0.532. The molecule has 0 aromatic heterocycles. The van der Waals surface area contributed by atoms with Crippen molar-refractivity contribution in [3.8, 4) is 0 Å². The van der Waals surface area contributed by atoms with E-state index in [-0.39, 0.29) is 0 Å². The molecule has 2 aliphatic carbocycles. The van der Waals surface area contributed by atoms with E-state index in [9.17, 15) is 19.2 Å². The van der Waals surface area contributed by atoms with Gasteiger partial charge in [0, 0.05) is 0 Å². The van der Waals surface area contributed by atoms with Crippen LogP contribution in [-0.4, -0.2) is 56.6 Å². The fourth-order valence-electron chi connectivity index (χ4n) is 4.50. The molecule has 10 nitrogen and oxygen atoms in total. The number of carboxylic acid groups (broad SMARTS) is 2. The highest BCUT2D eigenvalue weighted by Gasteiger charge is 2.46. The van der Waals surface area contributed by atoms with Gasteiger partial charge in [0.15, 0.2) is 0 Å². The van der Waals surface area contributed by atoms with Crippen molar-refractivity contribution in [1.82, 2.24) is 10.6 Å². The minimum Gasteiger partial charge on any atom is -0.481 e. The summed E-state index contributed by atoms with van der Waals surface area (Å²) in [5.74, 6) is -2.79. The lowest BCUT2D eigenvalue weighted by atomic mass is 9.89. The first kappa shape index (κ1) is 29.5. The van der Waals surface area contributed by atoms with Crippen molar-refractivity contribution in [2.75, 3.05) is 0 Å². The van der Waals surface area contributed by atoms with E-state index in [1.54, 1.807) is 55.4 Å². The Balaban J connectivity index is 0.000000340. The predicted octanol–water partition coefficient (Wildman–Crippen LogP) is 4.31. The van der Waals surface area contributed by atoms with Gasteiger partial charge in [-0.1, -0.05) is 12.8 Å². The molecular weight excluding hydrogens is 444 g/mol. The number of hydrogen-bond donors (Lipinski definition) is 4. The van der Waals surface area contributed by atoms with Crippen LogP contribution in [0.3, 0.4) is 0 Å². The average Bonchev–Trinajstić information content (AvgIpc) is 3.14. The summed E-state index contributed by atoms with van der Waals surface area (Å²) >= 11 is 0. The van der Waals surface area contributed by atoms with Crippen molar-refractivity contribution < 1.29 is 38.9 Å². The Morgan fingerprint density at radius 3 is 1.24 bits per heavy atom. The lowest BCUT2D eigenvalue weighted by molar-refractivity contribution is -0.144. The average molecular weight is 487 g/mol. The third-order valence-corrected chi connectivity index (χ3v) is 6.09. The molecule has 2 amide bonds. The van der Waals surface area contributed by atoms with Crippen LogP contribution in [0.2, 0.25) is 0 Å². The van der Waals surface area contributed by atoms with Crippen LogP contribution in [-0.2, 0) is 19.1 Å². The van der Waals surface area contributed by atoms with Crippen molar-refractivity contribution in [2.24, 2.45) is 11.8 Å². The molecule has 0 radical (unpaired) electrons. The van der Waals surface area contributed by atoms with Crippen LogP contribution >= 0.6 is 0 Å². The molecular formula is C24H42N2O8. The van der Waals surface area contributed by atoms with Crippen molar-refractivity contribution in [3.05, 3.63) is 0 Å². The molecule has 196 valence electrons. The Morgan fingerprint density at radius 1 is 0.706 bits per heavy atom. The maximum atomic E-state index is 11.7. The van der Waals surface area contributed by atoms with Gasteiger partial charge < -0.3 is 30.3 Å². The Bertz CT molecular complexity index is 706. The second-order valence-electron chi connectivity index (χ2n) is 11.7. The van der Waals surface area contributed by atoms with E-state index in [1.165, 1.54) is 0 Å². The molecule has 0 aromatic rings. The predicted molar refractivity (Wildman–Crippen MR) is 126 cm³/mol. The molecule has 34 heavy (non-hydrogen) atoms. The number of hydrogen-bond acceptors (Lipinski definition) is 6. The normalized spacial score (nSPS) is 28.8. The van der Waals surface area contributed by atoms with Gasteiger partial charge in [-0.25, -0.2) is 9.59 Å². The van der Waals surface area contributed by atoms with Crippen LogP contribution in [0, 0.1) is 11.8 Å². The van der Waals surface area contributed by atoms with Crippen molar-refractivity contribution >= 4 is 24.1 Å². The Labute approximate surface area is 202 Å². The zero-order valence-electron chi connectivity index (χ0n) is 21.7. The summed E-state index contributed by atoms with van der Waals surface area (Å²) in [6.45, 7) is 14.2. The summed E-state index contributed by atoms with van der Waals surface area (Å²) in [6.07, 6.45) is 3.06. The highest BCUT2D eigenvalue weighted by molar-refractivity contribution is 5.76. The Kier molecular flexibility index (Phi) is 9.39. The number of ether oxygens (including phenoxy) is 2. The third kappa shape index (κ3) is 9.02. The number of carbonyl (C=O) groups excluding carboxylic acids is 2. The largest absolute Gasteiger partial charge is 0.481 e. The zero-order valence-corrected chi connectivity index (χ0v) is 21.7. The number of carbonyl (C=O) groups is 4. The number of rotatable bonds is 4. The molecule has 0 aliphatic heterocycles. The quantitative estimate of drug-likeness (QED) is 0.459. The van der Waals surface area contributed by atoms with Crippen LogP contribution < -0.4 is 10.6 Å². The molecule has 2 rings (SSSR count). The van der Waals surface area contributed by atoms with Gasteiger partial charge in [-0.2, -0.15) is 0 Å². The molecule has 0 spiro atoms. The number of nitrogens with one attached hydrogen (secondary N) is 2. The lowest BCUT2D eigenvalue weighted by Gasteiger charge is -2.31. The van der Waals surface area contributed by atoms with Gasteiger partial charge in [0.05, 0.1) is 22.9 Å². The summed E-state index contributed by atoms with van der Waals surface area (Å²) in [7, 11) is 0. The first-order chi connectivity index (χ1) is 15.3. The van der Waals surface area contributed by atoms with E-state index in [0.717, 1.165) is 12.8 Å². The summed E-state index contributed by atoms with van der Waals surface area (Å²) in [6, 6.07) is 0. The van der Waals surface area contributed by atoms with Crippen LogP contribution in [0.4, 0.5) is 9.59 Å². The lowest BCUT2D eigenvalue weighted by Crippen LogP contribution is -2.52. The summed E-state index contributed by atoms with van der Waals surface area (Å²) in [5, 5.41) is 23.6. The van der Waals surface area contributed by atoms with Crippen LogP contribution in [0.25, 0.3) is 0 Å². The highest BCUT2D eigenvalue weighted by atomic mass is 16.6. The molecule has 2 fully saturated rings. The van der Waals surface area contributed by atoms with Crippen LogP contribution in [0.1, 0.15) is 93.9 Å². The zero-order chi connectivity index (χ0) is 26.5. The van der Waals surface area contributed by atoms with E-state index < -0.39 is 58.2 Å². The topological polar surface area (TPSA) is 151 Å². The van der Waals surface area contributed by atoms with Crippen LogP contribution in [0.5, 0.6) is 0 Å². The number of alkyl carbamates (subject to hydrolysis) is 2. The second-order valence-corrected chi connectivity index (χ2v) is 11.7. The molecule has 2 saturated carbocycles. The number of amides is 2. The molecule has 0 saturated heterocycles. The Morgan fingerprint density at radius 2 is 1.00 bits per heavy atom. The third-order valence-electron chi connectivity index (χ3n) is 6.09. The molecule has 2 aliphatic rings. The molecule has 0 heterocycles. The van der Waals surface area contributed by atoms with E-state index in [0.29, 0.717) is 25.7 Å². The van der Waals surface area contributed by atoms with Gasteiger partial charge in [0.1, 0.15) is 11.2 Å². The van der Waals surface area contributed by atoms with E-state index >= 15 is 0 Å². The monoisotopic (exact) mass is 486 g/mol. The van der Waals surface area contributed by atoms with Gasteiger partial charge >= 0.3 is 24.1 Å². The maximum Gasteiger partial charge on any atom is 0.408 e. The van der Waals surface area contributed by atoms with E-state index in [1.807, 2.05) is 0 Å². The molecule has 4 N–H and O–H groups in total. The SMILES string of the molecule is CC(C)(C)OC(=O)N[C@@]1(C)CCC[C@H]1C(=O)O.CC(C)(C)OC(=O)N[C@]1(C)CCC[C@@H]1C(=O)O. The molecule has 4 atom stereocenters. The van der Waals surface area contributed by atoms with Crippen molar-refractivity contribution in [3.63, 3.8) is 0 Å². The first-order valence-corrected chi connectivity index (χ1v) is 11.8. The molecule has 0 aromatic carbocycles. The van der Waals surface area contributed by atoms with Gasteiger partial charge in [-0.05, 0) is 81.1 Å². The standard InChI is InChI=1S/2C12H21NO4/c2*1-11(2,3)17-10(16)13-12(4)7-5-6-8(12)9(14)15/h2*8H,5-7H2,1-4H3,(H,13,16)(H,14,15)/t2*8-,12-/m10/s1. The smallest absolute Gasteiger partial charge is 0.408 e. The summed E-state index contributed by atoms with van der Waals surface area (Å²) in [4.78, 5) is 45.5. The maximum absolute atomic E-state index is 11.7. The van der Waals surface area contributed by atoms with Gasteiger partial charge in [-0.15, -0.1) is 0 Å². The van der Waals surface area contributed by atoms with E-state index in [4.69, 9.17) is 19.7 Å². The van der Waals surface area contributed by atoms with Crippen molar-refractivity contribution in [1.29, 1.82) is 0 Å². The fourth-order valence-corrected chi connectivity index (χ4v) is 4.50. The molecule has 0 unspecified atom stereocenters. The van der Waals surface area contributed by atoms with Gasteiger partial charge in [-0.3, -0.25) is 9.59 Å². The van der Waals surface area contributed by atoms with Gasteiger partial charge in [0.2, 0.25) is 0 Å². The second kappa shape index (κ2) is 10.8. The van der Waals surface area contributed by atoms with Crippen molar-refractivity contribution in [2.45, 2.75) is 116 Å². The number of carboxylic acids is 2. The minimum atomic E-state index is -0.860.